The second kappa shape index (κ2) is 26.2. The van der Waals surface area contributed by atoms with Gasteiger partial charge in [0.2, 0.25) is 23.6 Å². The van der Waals surface area contributed by atoms with Crippen molar-refractivity contribution in [2.45, 2.75) is 67.6 Å². The number of carboxylic acids is 1. The first-order valence-corrected chi connectivity index (χ1v) is 26.9. The number of alkyl carbamates (subject to hydrolysis) is 1. The van der Waals surface area contributed by atoms with E-state index in [1.807, 2.05) is 231 Å². The molecule has 1 aliphatic rings. The topological polar surface area (TPSA) is 192 Å². The Balaban J connectivity index is 1.04. The van der Waals surface area contributed by atoms with Crippen LogP contribution in [0.25, 0.3) is 11.1 Å². The van der Waals surface area contributed by atoms with Crippen LogP contribution in [0.3, 0.4) is 0 Å². The second-order valence-corrected chi connectivity index (χ2v) is 19.8. The maximum absolute atomic E-state index is 15.2. The number of benzene rings is 8. The Morgan fingerprint density at radius 1 is 0.425 bits per heavy atom. The first kappa shape index (κ1) is 55.1. The first-order valence-electron chi connectivity index (χ1n) is 26.9. The highest BCUT2D eigenvalue weighted by atomic mass is 16.5. The summed E-state index contributed by atoms with van der Waals surface area (Å²) >= 11 is 0. The molecule has 0 spiro atoms. The fraction of sp³-hybridized carbons (Fsp3) is 0.194. The number of hydrogen-bond acceptors (Lipinski definition) is 7. The highest BCUT2D eigenvalue weighted by Crippen LogP contribution is 2.45. The third-order valence-electron chi connectivity index (χ3n) is 14.6. The van der Waals surface area contributed by atoms with E-state index in [1.54, 1.807) is 0 Å². The monoisotopic (exact) mass is 1070 g/mol. The van der Waals surface area contributed by atoms with Crippen molar-refractivity contribution in [1.82, 2.24) is 26.6 Å². The van der Waals surface area contributed by atoms with Crippen LogP contribution in [0, 0.1) is 0 Å². The number of rotatable bonds is 24. The summed E-state index contributed by atoms with van der Waals surface area (Å²) in [7, 11) is 0. The highest BCUT2D eigenvalue weighted by Gasteiger charge is 2.42. The van der Waals surface area contributed by atoms with E-state index in [4.69, 9.17) is 4.74 Å². The van der Waals surface area contributed by atoms with Crippen LogP contribution in [0.2, 0.25) is 0 Å². The fourth-order valence-electron chi connectivity index (χ4n) is 10.8. The van der Waals surface area contributed by atoms with Crippen LogP contribution in [-0.4, -0.2) is 66.0 Å². The molecule has 0 fully saturated rings. The van der Waals surface area contributed by atoms with Crippen LogP contribution in [-0.2, 0) is 39.8 Å². The molecule has 5 amide bonds. The number of aliphatic carboxylic acids is 1. The predicted molar refractivity (Wildman–Crippen MR) is 307 cm³/mol. The molecule has 0 bridgehead atoms. The molecule has 0 aliphatic heterocycles. The maximum atomic E-state index is 15.2. The summed E-state index contributed by atoms with van der Waals surface area (Å²) in [6, 6.07) is 69.2. The van der Waals surface area contributed by atoms with Gasteiger partial charge in [-0.25, -0.2) is 4.79 Å². The summed E-state index contributed by atoms with van der Waals surface area (Å²) in [6.45, 7) is 0.0159. The van der Waals surface area contributed by atoms with Crippen LogP contribution < -0.4 is 26.6 Å². The smallest absolute Gasteiger partial charge is 0.407 e. The van der Waals surface area contributed by atoms with Crippen molar-refractivity contribution >= 4 is 35.7 Å². The van der Waals surface area contributed by atoms with Crippen LogP contribution >= 0.6 is 0 Å². The zero-order valence-electron chi connectivity index (χ0n) is 44.1. The van der Waals surface area contributed by atoms with Gasteiger partial charge in [-0.15, -0.1) is 0 Å². The highest BCUT2D eigenvalue weighted by molar-refractivity contribution is 5.96. The number of nitrogens with one attached hydrogen (secondary N) is 5. The molecule has 13 heteroatoms. The van der Waals surface area contributed by atoms with E-state index in [-0.39, 0.29) is 25.5 Å². The van der Waals surface area contributed by atoms with Gasteiger partial charge in [-0.1, -0.05) is 237 Å². The minimum atomic E-state index is -1.66. The Morgan fingerprint density at radius 3 is 1.15 bits per heavy atom. The maximum Gasteiger partial charge on any atom is 0.407 e. The molecule has 13 nitrogen and oxygen atoms in total. The molecule has 1 aliphatic carbocycles. The molecule has 0 saturated heterocycles. The molecule has 6 N–H and O–H groups in total. The Kier molecular flexibility index (Phi) is 18.0. The molecule has 80 heavy (non-hydrogen) atoms. The Bertz CT molecular complexity index is 3150. The summed E-state index contributed by atoms with van der Waals surface area (Å²) < 4.78 is 5.97. The SMILES string of the molecule is O=C(O)CCCCCNC(=O)[C@H](CC(=O)NC(c1ccccc1)(c1ccccc1)c1ccccc1)NC(=O)[C@H](CC(=O)NC(c1ccccc1)(c1ccccc1)c1ccccc1)NC(=O)OCC1c2ccccc2-c2ccccc21. The Hall–Kier alpha value is -9.62. The number of unbranched alkanes of at least 4 members (excludes halogenated alkanes) is 2. The van der Waals surface area contributed by atoms with E-state index < -0.39 is 71.7 Å². The van der Waals surface area contributed by atoms with Gasteiger partial charge in [-0.05, 0) is 68.5 Å². The van der Waals surface area contributed by atoms with E-state index >= 15 is 9.59 Å². The van der Waals surface area contributed by atoms with Gasteiger partial charge in [0.05, 0.1) is 12.8 Å². The van der Waals surface area contributed by atoms with Gasteiger partial charge in [-0.3, -0.25) is 24.0 Å². The van der Waals surface area contributed by atoms with Crippen molar-refractivity contribution < 1.29 is 38.6 Å². The molecule has 2 atom stereocenters. The Labute approximate surface area is 465 Å². The van der Waals surface area contributed by atoms with Crippen molar-refractivity contribution in [3.63, 3.8) is 0 Å². The third kappa shape index (κ3) is 12.7. The number of carbonyl (C=O) groups excluding carboxylic acids is 5. The van der Waals surface area contributed by atoms with Gasteiger partial charge in [0.25, 0.3) is 0 Å². The molecule has 0 heterocycles. The van der Waals surface area contributed by atoms with Gasteiger partial charge in [0.15, 0.2) is 0 Å². The zero-order valence-corrected chi connectivity index (χ0v) is 44.1. The molecule has 404 valence electrons. The number of amides is 5. The van der Waals surface area contributed by atoms with Gasteiger partial charge in [-0.2, -0.15) is 0 Å². The van der Waals surface area contributed by atoms with E-state index in [2.05, 4.69) is 26.6 Å². The molecular weight excluding hydrogens is 1000 g/mol. The zero-order chi connectivity index (χ0) is 55.7. The van der Waals surface area contributed by atoms with Gasteiger partial charge >= 0.3 is 12.1 Å². The van der Waals surface area contributed by atoms with Crippen molar-refractivity contribution in [3.8, 4) is 11.1 Å². The lowest BCUT2D eigenvalue weighted by Crippen LogP contribution is -2.57. The molecule has 0 saturated carbocycles. The minimum Gasteiger partial charge on any atom is -0.481 e. The average molecular weight is 1070 g/mol. The normalized spacial score (nSPS) is 12.6. The van der Waals surface area contributed by atoms with Crippen molar-refractivity contribution in [1.29, 1.82) is 0 Å². The van der Waals surface area contributed by atoms with Crippen molar-refractivity contribution in [2.24, 2.45) is 0 Å². The molecule has 8 aromatic rings. The number of carboxylic acid groups (broad SMARTS) is 1. The van der Waals surface area contributed by atoms with Gasteiger partial charge in [0, 0.05) is 18.9 Å². The molecule has 8 aromatic carbocycles. The van der Waals surface area contributed by atoms with E-state index in [9.17, 15) is 24.3 Å². The lowest BCUT2D eigenvalue weighted by molar-refractivity contribution is -0.137. The standard InChI is InChI=1S/C67H63N5O8/c73-60(71-66(47-26-8-1-9-27-47,48-28-10-2-11-29-48)49-30-12-3-13-31-49)44-58(63(77)68-43-25-7-20-42-62(75)76)69-64(78)59(70-65(79)80-46-57-55-40-23-21-38-53(55)54-39-22-24-41-56(54)57)45-61(74)72-67(50-32-14-4-15-33-50,51-34-16-5-17-35-51)52-36-18-6-19-37-52/h1-6,8-19,21-24,26-41,57-59H,7,20,25,42-46H2,(H,68,77)(H,69,78)(H,70,79)(H,71,73)(H,72,74)(H,75,76)/t58-,59-/m0/s1. The molecule has 0 aromatic heterocycles. The largest absolute Gasteiger partial charge is 0.481 e. The summed E-state index contributed by atoms with van der Waals surface area (Å²) in [6.07, 6.45) is -0.924. The van der Waals surface area contributed by atoms with Gasteiger partial charge < -0.3 is 36.4 Å². The molecular formula is C67H63N5O8. The fourth-order valence-corrected chi connectivity index (χ4v) is 10.8. The second-order valence-electron chi connectivity index (χ2n) is 19.8. The lowest BCUT2D eigenvalue weighted by Gasteiger charge is -2.37. The number of hydrogen-bond donors (Lipinski definition) is 6. The molecule has 9 rings (SSSR count). The lowest BCUT2D eigenvalue weighted by atomic mass is 9.77. The van der Waals surface area contributed by atoms with Crippen molar-refractivity contribution in [2.75, 3.05) is 13.2 Å². The Morgan fingerprint density at radius 2 is 0.775 bits per heavy atom. The summed E-state index contributed by atoms with van der Waals surface area (Å²) in [5.74, 6) is -4.15. The average Bonchev–Trinajstić information content (AvgIpc) is 3.87. The van der Waals surface area contributed by atoms with Crippen LogP contribution in [0.1, 0.15) is 89.0 Å². The molecule has 0 unspecified atom stereocenters. The van der Waals surface area contributed by atoms with E-state index in [0.29, 0.717) is 19.3 Å². The minimum absolute atomic E-state index is 0.0341. The van der Waals surface area contributed by atoms with Crippen LogP contribution in [0.4, 0.5) is 4.79 Å². The summed E-state index contributed by atoms with van der Waals surface area (Å²) in [5, 5.41) is 24.1. The van der Waals surface area contributed by atoms with E-state index in [0.717, 1.165) is 55.6 Å². The number of carbonyl (C=O) groups is 6. The van der Waals surface area contributed by atoms with Crippen LogP contribution in [0.15, 0.2) is 231 Å². The third-order valence-corrected chi connectivity index (χ3v) is 14.6. The number of fused-ring (bicyclic) bond motifs is 3. The predicted octanol–water partition coefficient (Wildman–Crippen LogP) is 10.1. The quantitative estimate of drug-likeness (QED) is 0.0254. The van der Waals surface area contributed by atoms with Gasteiger partial charge in [0.1, 0.15) is 29.8 Å². The molecule has 0 radical (unpaired) electrons. The van der Waals surface area contributed by atoms with Crippen LogP contribution in [0.5, 0.6) is 0 Å². The summed E-state index contributed by atoms with van der Waals surface area (Å²) in [4.78, 5) is 85.3. The first-order chi connectivity index (χ1) is 39.1. The van der Waals surface area contributed by atoms with E-state index in [1.165, 1.54) is 0 Å². The summed E-state index contributed by atoms with van der Waals surface area (Å²) in [5.41, 5.74) is 5.77. The van der Waals surface area contributed by atoms with Crippen molar-refractivity contribution in [3.05, 3.63) is 275 Å². The number of ether oxygens (including phenoxy) is 1.